The van der Waals surface area contributed by atoms with E-state index >= 15 is 0 Å². The Morgan fingerprint density at radius 2 is 1.84 bits per heavy atom. The van der Waals surface area contributed by atoms with Gasteiger partial charge in [-0.3, -0.25) is 0 Å². The molecule has 1 aromatic carbocycles. The molecule has 1 fully saturated rings. The molecule has 0 saturated carbocycles. The molecule has 0 bridgehead atoms. The van der Waals surface area contributed by atoms with Crippen LogP contribution in [0.4, 0.5) is 5.69 Å². The summed E-state index contributed by atoms with van der Waals surface area (Å²) in [5.41, 5.74) is 2.75. The molecular weight excluding hydrogens is 232 g/mol. The molecule has 0 radical (unpaired) electrons. The van der Waals surface area contributed by atoms with E-state index in [1.165, 1.54) is 30.6 Å². The molecule has 1 aliphatic heterocycles. The van der Waals surface area contributed by atoms with Crippen LogP contribution in [0.25, 0.3) is 0 Å². The Labute approximate surface area is 118 Å². The van der Waals surface area contributed by atoms with Crippen molar-refractivity contribution in [2.75, 3.05) is 11.4 Å². The highest BCUT2D eigenvalue weighted by molar-refractivity contribution is 5.49. The molecule has 19 heavy (non-hydrogen) atoms. The first-order valence-corrected chi connectivity index (χ1v) is 7.65. The van der Waals surface area contributed by atoms with Gasteiger partial charge in [0.2, 0.25) is 0 Å². The lowest BCUT2D eigenvalue weighted by Crippen LogP contribution is -2.41. The molecule has 1 N–H and O–H groups in total. The van der Waals surface area contributed by atoms with Gasteiger partial charge in [-0.25, -0.2) is 0 Å². The molecule has 0 aromatic heterocycles. The molecule has 0 aliphatic carbocycles. The van der Waals surface area contributed by atoms with Crippen molar-refractivity contribution in [3.8, 4) is 0 Å². The monoisotopic (exact) mass is 260 g/mol. The average Bonchev–Trinajstić information content (AvgIpc) is 2.40. The molecule has 2 heteroatoms. The van der Waals surface area contributed by atoms with E-state index in [1.807, 2.05) is 0 Å². The maximum atomic E-state index is 3.46. The Morgan fingerprint density at radius 1 is 1.16 bits per heavy atom. The minimum atomic E-state index is 0.544. The molecule has 106 valence electrons. The molecule has 1 saturated heterocycles. The van der Waals surface area contributed by atoms with Gasteiger partial charge in [0.15, 0.2) is 0 Å². The van der Waals surface area contributed by atoms with Gasteiger partial charge in [-0.2, -0.15) is 0 Å². The summed E-state index contributed by atoms with van der Waals surface area (Å²) >= 11 is 0. The van der Waals surface area contributed by atoms with Crippen LogP contribution in [0.3, 0.4) is 0 Å². The van der Waals surface area contributed by atoms with Crippen LogP contribution >= 0.6 is 0 Å². The number of anilines is 1. The number of rotatable bonds is 4. The molecule has 2 unspecified atom stereocenters. The lowest BCUT2D eigenvalue weighted by molar-refractivity contribution is 0.390. The minimum absolute atomic E-state index is 0.544. The van der Waals surface area contributed by atoms with Gasteiger partial charge in [-0.05, 0) is 43.4 Å². The van der Waals surface area contributed by atoms with Gasteiger partial charge in [-0.15, -0.1) is 0 Å². The summed E-state index contributed by atoms with van der Waals surface area (Å²) in [7, 11) is 0. The van der Waals surface area contributed by atoms with E-state index in [-0.39, 0.29) is 0 Å². The van der Waals surface area contributed by atoms with E-state index in [1.54, 1.807) is 0 Å². The lowest BCUT2D eigenvalue weighted by Gasteiger charge is -2.38. The number of hydrogen-bond donors (Lipinski definition) is 1. The normalized spacial score (nSPS) is 23.9. The predicted octanol–water partition coefficient (Wildman–Crippen LogP) is 3.81. The van der Waals surface area contributed by atoms with Gasteiger partial charge in [0.05, 0.1) is 0 Å². The van der Waals surface area contributed by atoms with E-state index in [2.05, 4.69) is 62.2 Å². The van der Waals surface area contributed by atoms with Gasteiger partial charge in [-0.1, -0.05) is 32.9 Å². The highest BCUT2D eigenvalue weighted by Gasteiger charge is 2.22. The fraction of sp³-hybridized carbons (Fsp3) is 0.647. The second kappa shape index (κ2) is 6.42. The summed E-state index contributed by atoms with van der Waals surface area (Å²) < 4.78 is 0. The standard InChI is InChI=1S/C17H28N2/c1-13(2)18-11-16-7-9-17(10-8-16)19-12-14(3)5-6-15(19)4/h7-10,13-15,18H,5-6,11-12H2,1-4H3. The van der Waals surface area contributed by atoms with Gasteiger partial charge in [0.1, 0.15) is 0 Å². The highest BCUT2D eigenvalue weighted by Crippen LogP contribution is 2.27. The molecule has 0 amide bonds. The summed E-state index contributed by atoms with van der Waals surface area (Å²) in [6, 6.07) is 10.3. The summed E-state index contributed by atoms with van der Waals surface area (Å²) in [5.74, 6) is 0.818. The van der Waals surface area contributed by atoms with E-state index < -0.39 is 0 Å². The number of nitrogens with one attached hydrogen (secondary N) is 1. The minimum Gasteiger partial charge on any atom is -0.369 e. The van der Waals surface area contributed by atoms with Crippen molar-refractivity contribution < 1.29 is 0 Å². The molecule has 1 heterocycles. The summed E-state index contributed by atoms with van der Waals surface area (Å²) in [6.45, 7) is 11.2. The summed E-state index contributed by atoms with van der Waals surface area (Å²) in [6.07, 6.45) is 2.69. The van der Waals surface area contributed by atoms with Crippen molar-refractivity contribution in [2.45, 2.75) is 59.2 Å². The van der Waals surface area contributed by atoms with Crippen LogP contribution in [0.1, 0.15) is 46.1 Å². The van der Waals surface area contributed by atoms with E-state index in [0.29, 0.717) is 12.1 Å². The van der Waals surface area contributed by atoms with Crippen molar-refractivity contribution in [3.63, 3.8) is 0 Å². The average molecular weight is 260 g/mol. The fourth-order valence-corrected chi connectivity index (χ4v) is 2.78. The molecule has 2 rings (SSSR count). The van der Waals surface area contributed by atoms with Crippen molar-refractivity contribution >= 4 is 5.69 Å². The molecule has 1 aliphatic rings. The third kappa shape index (κ3) is 3.97. The zero-order valence-electron chi connectivity index (χ0n) is 12.8. The van der Waals surface area contributed by atoms with E-state index in [4.69, 9.17) is 0 Å². The number of piperidine rings is 1. The number of hydrogen-bond acceptors (Lipinski definition) is 2. The molecule has 2 atom stereocenters. The van der Waals surface area contributed by atoms with Crippen LogP contribution in [0.2, 0.25) is 0 Å². The maximum Gasteiger partial charge on any atom is 0.0368 e. The lowest BCUT2D eigenvalue weighted by atomic mass is 9.94. The second-order valence-corrected chi connectivity index (χ2v) is 6.39. The van der Waals surface area contributed by atoms with Gasteiger partial charge < -0.3 is 10.2 Å². The Kier molecular flexibility index (Phi) is 4.87. The largest absolute Gasteiger partial charge is 0.369 e. The van der Waals surface area contributed by atoms with Crippen LogP contribution in [-0.2, 0) is 6.54 Å². The Bertz CT molecular complexity index is 383. The summed E-state index contributed by atoms with van der Waals surface area (Å²) in [5, 5.41) is 3.46. The summed E-state index contributed by atoms with van der Waals surface area (Å²) in [4.78, 5) is 2.56. The van der Waals surface area contributed by atoms with Crippen LogP contribution in [0, 0.1) is 5.92 Å². The zero-order chi connectivity index (χ0) is 13.8. The molecule has 2 nitrogen and oxygen atoms in total. The SMILES string of the molecule is CC1CCC(C)N(c2ccc(CNC(C)C)cc2)C1. The third-order valence-electron chi connectivity index (χ3n) is 4.10. The van der Waals surface area contributed by atoms with E-state index in [9.17, 15) is 0 Å². The van der Waals surface area contributed by atoms with Crippen molar-refractivity contribution in [1.29, 1.82) is 0 Å². The van der Waals surface area contributed by atoms with E-state index in [0.717, 1.165) is 12.5 Å². The Hall–Kier alpha value is -1.02. The van der Waals surface area contributed by atoms with Crippen molar-refractivity contribution in [3.05, 3.63) is 29.8 Å². The first-order valence-electron chi connectivity index (χ1n) is 7.65. The zero-order valence-corrected chi connectivity index (χ0v) is 12.8. The van der Waals surface area contributed by atoms with Crippen LogP contribution < -0.4 is 10.2 Å². The topological polar surface area (TPSA) is 15.3 Å². The quantitative estimate of drug-likeness (QED) is 0.885. The number of benzene rings is 1. The first kappa shape index (κ1) is 14.4. The van der Waals surface area contributed by atoms with Crippen LogP contribution in [0.15, 0.2) is 24.3 Å². The molecule has 0 spiro atoms. The van der Waals surface area contributed by atoms with Crippen molar-refractivity contribution in [1.82, 2.24) is 5.32 Å². The number of nitrogens with zero attached hydrogens (tertiary/aromatic N) is 1. The molecule has 1 aromatic rings. The second-order valence-electron chi connectivity index (χ2n) is 6.39. The van der Waals surface area contributed by atoms with Crippen LogP contribution in [0.5, 0.6) is 0 Å². The van der Waals surface area contributed by atoms with Gasteiger partial charge >= 0.3 is 0 Å². The fourth-order valence-electron chi connectivity index (χ4n) is 2.78. The van der Waals surface area contributed by atoms with Gasteiger partial charge in [0.25, 0.3) is 0 Å². The third-order valence-corrected chi connectivity index (χ3v) is 4.10. The van der Waals surface area contributed by atoms with Gasteiger partial charge in [0, 0.05) is 30.9 Å². The first-order chi connectivity index (χ1) is 9.06. The smallest absolute Gasteiger partial charge is 0.0368 e. The van der Waals surface area contributed by atoms with Crippen molar-refractivity contribution in [2.24, 2.45) is 5.92 Å². The predicted molar refractivity (Wildman–Crippen MR) is 83.6 cm³/mol. The highest BCUT2D eigenvalue weighted by atomic mass is 15.2. The maximum absolute atomic E-state index is 3.46. The van der Waals surface area contributed by atoms with Crippen LogP contribution in [-0.4, -0.2) is 18.6 Å². The Balaban J connectivity index is 2.00. The molecular formula is C17H28N2. The Morgan fingerprint density at radius 3 is 2.47 bits per heavy atom.